The zero-order valence-corrected chi connectivity index (χ0v) is 16.8. The fraction of sp³-hybridized carbons (Fsp3) is 0.105. The maximum absolute atomic E-state index is 13.7. The molecule has 4 aromatic rings. The number of aliphatic carboxylic acids is 1. The molecule has 1 amide bonds. The number of hydrogen-bond donors (Lipinski definition) is 2. The number of fused-ring (bicyclic) bond motifs is 1. The van der Waals surface area contributed by atoms with Crippen molar-refractivity contribution in [1.82, 2.24) is 14.7 Å². The van der Waals surface area contributed by atoms with Crippen LogP contribution in [0.1, 0.15) is 27.0 Å². The highest BCUT2D eigenvalue weighted by Crippen LogP contribution is 2.37. The number of nitrogens with zero attached hydrogens (tertiary/aromatic N) is 2. The van der Waals surface area contributed by atoms with Crippen molar-refractivity contribution >= 4 is 40.5 Å². The Balaban J connectivity index is 1.81. The number of carbonyl (C=O) groups is 2. The fourth-order valence-electron chi connectivity index (χ4n) is 2.96. The molecule has 0 radical (unpaired) electrons. The van der Waals surface area contributed by atoms with E-state index in [0.29, 0.717) is 4.88 Å². The van der Waals surface area contributed by atoms with Gasteiger partial charge in [0.05, 0.1) is 11.8 Å². The van der Waals surface area contributed by atoms with Crippen LogP contribution in [0, 0.1) is 0 Å². The lowest BCUT2D eigenvalue weighted by atomic mass is 10.1. The Hall–Kier alpha value is -3.31. The van der Waals surface area contributed by atoms with Crippen LogP contribution in [-0.2, 0) is 11.0 Å². The highest BCUT2D eigenvalue weighted by molar-refractivity contribution is 7.10. The monoisotopic (exact) mass is 469 g/mol. The number of hydrogen-bond acceptors (Lipinski definition) is 5. The van der Waals surface area contributed by atoms with E-state index in [1.54, 1.807) is 11.4 Å². The Kier molecular flexibility index (Phi) is 5.23. The van der Waals surface area contributed by atoms with Crippen molar-refractivity contribution in [2.75, 3.05) is 0 Å². The number of imidazole rings is 1. The molecule has 2 N–H and O–H groups in total. The number of thiophene rings is 1. The summed E-state index contributed by atoms with van der Waals surface area (Å²) in [5, 5.41) is 12.9. The number of rotatable bonds is 5. The van der Waals surface area contributed by atoms with Crippen LogP contribution in [0.3, 0.4) is 0 Å². The average molecular weight is 470 g/mol. The van der Waals surface area contributed by atoms with E-state index in [1.165, 1.54) is 30.7 Å². The number of nitrogens with one attached hydrogen (secondary N) is 1. The second kappa shape index (κ2) is 7.75. The Labute approximate surface area is 180 Å². The molecule has 0 aliphatic heterocycles. The second-order valence-electron chi connectivity index (χ2n) is 6.32. The Bertz CT molecular complexity index is 1270. The van der Waals surface area contributed by atoms with Crippen LogP contribution in [0.25, 0.3) is 17.0 Å². The molecule has 1 unspecified atom stereocenters. The molecule has 31 heavy (non-hydrogen) atoms. The zero-order valence-electron chi connectivity index (χ0n) is 15.2. The Morgan fingerprint density at radius 1 is 1.29 bits per heavy atom. The van der Waals surface area contributed by atoms with Gasteiger partial charge in [0.2, 0.25) is 0 Å². The minimum atomic E-state index is -4.80. The quantitative estimate of drug-likeness (QED) is 0.434. The van der Waals surface area contributed by atoms with Crippen molar-refractivity contribution in [2.45, 2.75) is 12.2 Å². The summed E-state index contributed by atoms with van der Waals surface area (Å²) in [6.07, 6.45) is -2.24. The molecule has 0 saturated carbocycles. The van der Waals surface area contributed by atoms with Gasteiger partial charge in [0.1, 0.15) is 10.9 Å². The van der Waals surface area contributed by atoms with Gasteiger partial charge >= 0.3 is 12.1 Å². The van der Waals surface area contributed by atoms with Crippen LogP contribution in [0.15, 0.2) is 52.6 Å². The lowest BCUT2D eigenvalue weighted by molar-refractivity contribution is -0.139. The van der Waals surface area contributed by atoms with Crippen LogP contribution in [0.2, 0.25) is 5.15 Å². The molecule has 0 fully saturated rings. The van der Waals surface area contributed by atoms with Crippen LogP contribution >= 0.6 is 22.9 Å². The fourth-order valence-corrected chi connectivity index (χ4v) is 3.98. The van der Waals surface area contributed by atoms with Crippen LogP contribution < -0.4 is 5.32 Å². The summed E-state index contributed by atoms with van der Waals surface area (Å²) < 4.78 is 47.1. The first kappa shape index (κ1) is 20.9. The molecule has 0 aliphatic rings. The maximum Gasteiger partial charge on any atom is 0.420 e. The van der Waals surface area contributed by atoms with E-state index in [1.807, 2.05) is 0 Å². The van der Waals surface area contributed by atoms with Gasteiger partial charge in [-0.1, -0.05) is 17.7 Å². The van der Waals surface area contributed by atoms with Gasteiger partial charge in [-0.25, -0.2) is 9.78 Å². The van der Waals surface area contributed by atoms with Gasteiger partial charge in [-0.15, -0.1) is 11.3 Å². The number of carboxylic acid groups (broad SMARTS) is 1. The first-order valence-corrected chi connectivity index (χ1v) is 9.82. The summed E-state index contributed by atoms with van der Waals surface area (Å²) in [7, 11) is 0. The number of aromatic nitrogens is 2. The third-order valence-corrected chi connectivity index (χ3v) is 5.64. The van der Waals surface area contributed by atoms with Crippen molar-refractivity contribution in [1.29, 1.82) is 0 Å². The first-order valence-electron chi connectivity index (χ1n) is 8.56. The smallest absolute Gasteiger partial charge is 0.420 e. The number of furan rings is 1. The molecule has 0 saturated heterocycles. The number of alkyl halides is 3. The van der Waals surface area contributed by atoms with Crippen molar-refractivity contribution in [3.05, 3.63) is 69.5 Å². The highest BCUT2D eigenvalue weighted by atomic mass is 35.5. The summed E-state index contributed by atoms with van der Waals surface area (Å²) in [6.45, 7) is 0. The van der Waals surface area contributed by atoms with E-state index in [0.717, 1.165) is 21.8 Å². The predicted octanol–water partition coefficient (Wildman–Crippen LogP) is 4.88. The molecule has 4 aromatic heterocycles. The van der Waals surface area contributed by atoms with E-state index in [-0.39, 0.29) is 11.3 Å². The van der Waals surface area contributed by atoms with Crippen molar-refractivity contribution in [2.24, 2.45) is 0 Å². The van der Waals surface area contributed by atoms with Gasteiger partial charge in [0.15, 0.2) is 17.4 Å². The molecule has 1 atom stereocenters. The maximum atomic E-state index is 13.7. The van der Waals surface area contributed by atoms with Gasteiger partial charge < -0.3 is 14.8 Å². The molecular weight excluding hydrogens is 459 g/mol. The normalized spacial score (nSPS) is 12.8. The molecule has 0 spiro atoms. The first-order chi connectivity index (χ1) is 14.7. The summed E-state index contributed by atoms with van der Waals surface area (Å²) in [4.78, 5) is 28.4. The third-order valence-electron chi connectivity index (χ3n) is 4.34. The van der Waals surface area contributed by atoms with Gasteiger partial charge in [-0.05, 0) is 29.6 Å². The van der Waals surface area contributed by atoms with Gasteiger partial charge in [-0.3, -0.25) is 9.20 Å². The van der Waals surface area contributed by atoms with Crippen molar-refractivity contribution in [3.63, 3.8) is 0 Å². The summed E-state index contributed by atoms with van der Waals surface area (Å²) in [5.74, 6) is -2.21. The van der Waals surface area contributed by atoms with E-state index in [9.17, 15) is 27.9 Å². The number of pyridine rings is 1. The van der Waals surface area contributed by atoms with Crippen LogP contribution in [-0.4, -0.2) is 26.4 Å². The molecule has 160 valence electrons. The molecule has 0 aromatic carbocycles. The summed E-state index contributed by atoms with van der Waals surface area (Å²) in [5.41, 5.74) is -2.19. The van der Waals surface area contributed by atoms with Gasteiger partial charge in [0, 0.05) is 16.6 Å². The van der Waals surface area contributed by atoms with Gasteiger partial charge in [0.25, 0.3) is 5.91 Å². The van der Waals surface area contributed by atoms with Crippen LogP contribution in [0.4, 0.5) is 13.2 Å². The lowest BCUT2D eigenvalue weighted by Gasteiger charge is -2.11. The number of carboxylic acids is 1. The topological polar surface area (TPSA) is 96.8 Å². The minimum absolute atomic E-state index is 0.0677. The van der Waals surface area contributed by atoms with E-state index in [2.05, 4.69) is 10.3 Å². The summed E-state index contributed by atoms with van der Waals surface area (Å²) >= 11 is 7.29. The van der Waals surface area contributed by atoms with Crippen molar-refractivity contribution < 1.29 is 32.3 Å². The summed E-state index contributed by atoms with van der Waals surface area (Å²) in [6, 6.07) is 5.52. The number of halogens is 4. The molecule has 4 rings (SSSR count). The average Bonchev–Trinajstić information content (AvgIpc) is 3.46. The number of amides is 1. The minimum Gasteiger partial charge on any atom is -0.479 e. The molecule has 12 heteroatoms. The van der Waals surface area contributed by atoms with E-state index in [4.69, 9.17) is 16.0 Å². The molecule has 0 bridgehead atoms. The number of carbonyl (C=O) groups excluding carboxylic acids is 1. The molecule has 7 nitrogen and oxygen atoms in total. The third kappa shape index (κ3) is 3.89. The van der Waals surface area contributed by atoms with E-state index < -0.39 is 46.2 Å². The van der Waals surface area contributed by atoms with E-state index >= 15 is 0 Å². The lowest BCUT2D eigenvalue weighted by Crippen LogP contribution is -2.33. The highest BCUT2D eigenvalue weighted by Gasteiger charge is 2.36. The molecular formula is C19H11ClF3N3O4S. The molecule has 4 heterocycles. The standard InChI is InChI=1S/C19H11ClF3N3O4S/c20-15-14(17(27)25-13(18(28)29)12-4-2-6-31-12)24-16-10(19(21,22)23)7-9(8-26(15)16)11-3-1-5-30-11/h1-8,13H,(H,25,27)(H,28,29). The zero-order chi connectivity index (χ0) is 22.3. The van der Waals surface area contributed by atoms with Crippen LogP contribution in [0.5, 0.6) is 0 Å². The Morgan fingerprint density at radius 2 is 2.06 bits per heavy atom. The van der Waals surface area contributed by atoms with Gasteiger partial charge in [-0.2, -0.15) is 13.2 Å². The Morgan fingerprint density at radius 3 is 2.65 bits per heavy atom. The second-order valence-corrected chi connectivity index (χ2v) is 7.66. The predicted molar refractivity (Wildman–Crippen MR) is 105 cm³/mol. The molecule has 0 aliphatic carbocycles. The SMILES string of the molecule is O=C(NC(C(=O)O)c1cccs1)c1nc2c(C(F)(F)F)cc(-c3ccco3)cn2c1Cl. The van der Waals surface area contributed by atoms with Crippen molar-refractivity contribution in [3.8, 4) is 11.3 Å². The largest absolute Gasteiger partial charge is 0.479 e.